The number of carbonyl (C=O) groups is 1. The number of carbonyl (C=O) groups excluding carboxylic acids is 1. The van der Waals surface area contributed by atoms with Crippen molar-refractivity contribution in [2.24, 2.45) is 0 Å². The quantitative estimate of drug-likeness (QED) is 0.438. The molecule has 0 atom stereocenters. The molecule has 33 heavy (non-hydrogen) atoms. The maximum Gasteiger partial charge on any atom is 0.257 e. The van der Waals surface area contributed by atoms with Crippen LogP contribution in [0.2, 0.25) is 5.02 Å². The Hall–Kier alpha value is -3.76. The molecule has 1 saturated heterocycles. The lowest BCUT2D eigenvalue weighted by molar-refractivity contribution is 0.102. The van der Waals surface area contributed by atoms with Crippen molar-refractivity contribution in [1.29, 1.82) is 0 Å². The Morgan fingerprint density at radius 3 is 2.06 bits per heavy atom. The van der Waals surface area contributed by atoms with Crippen LogP contribution >= 0.6 is 11.6 Å². The summed E-state index contributed by atoms with van der Waals surface area (Å²) in [5.41, 5.74) is 15.9. The number of morpholine rings is 1. The number of anilines is 2. The predicted molar refractivity (Wildman–Crippen MR) is 128 cm³/mol. The topological polar surface area (TPSA) is 41.6 Å². The Bertz CT molecular complexity index is 1150. The summed E-state index contributed by atoms with van der Waals surface area (Å²) in [4.78, 5) is 14.4. The molecule has 170 valence electrons. The summed E-state index contributed by atoms with van der Waals surface area (Å²) in [6, 6.07) is 8.83. The van der Waals surface area contributed by atoms with Gasteiger partial charge in [-0.25, -0.2) is 8.78 Å². The lowest BCUT2D eigenvalue weighted by Gasteiger charge is -2.28. The monoisotopic (exact) mass is 468 g/mol. The lowest BCUT2D eigenvalue weighted by Crippen LogP contribution is -2.36. The van der Waals surface area contributed by atoms with Crippen LogP contribution in [0, 0.1) is 11.6 Å². The first-order valence-corrected chi connectivity index (χ1v) is 9.77. The van der Waals surface area contributed by atoms with E-state index >= 15 is 0 Å². The smallest absolute Gasteiger partial charge is 0.257 e. The molecule has 1 amide bonds. The lowest BCUT2D eigenvalue weighted by atomic mass is 10.2. The molecule has 0 aromatic heterocycles. The molecule has 1 aliphatic heterocycles. The predicted octanol–water partition coefficient (Wildman–Crippen LogP) is 6.08. The Balaban J connectivity index is 0.000000523. The van der Waals surface area contributed by atoms with Crippen LogP contribution < -0.4 is 10.2 Å². The summed E-state index contributed by atoms with van der Waals surface area (Å²) in [5.74, 6) is -2.81. The first-order valence-electron chi connectivity index (χ1n) is 9.39. The third-order valence-electron chi connectivity index (χ3n) is 4.12. The van der Waals surface area contributed by atoms with Gasteiger partial charge in [-0.05, 0) is 72.5 Å². The van der Waals surface area contributed by atoms with Gasteiger partial charge in [-0.1, -0.05) is 30.5 Å². The average molecular weight is 469 g/mol. The molecule has 1 heterocycles. The number of nitrogens with one attached hydrogen (secondary N) is 1. The van der Waals surface area contributed by atoms with E-state index in [1.165, 1.54) is 0 Å². The highest BCUT2D eigenvalue weighted by Gasteiger charge is 2.16. The zero-order chi connectivity index (χ0) is 23.3. The van der Waals surface area contributed by atoms with Crippen molar-refractivity contribution < 1.29 is 18.3 Å². The highest BCUT2D eigenvalue weighted by Crippen LogP contribution is 2.23. The van der Waals surface area contributed by atoms with Crippen LogP contribution in [0.5, 0.6) is 0 Å². The summed E-state index contributed by atoms with van der Waals surface area (Å²) < 4.78 is 31.7. The number of rotatable bonds is 3. The molecule has 2 aromatic carbocycles. The van der Waals surface area contributed by atoms with Crippen LogP contribution in [0.1, 0.15) is 17.8 Å². The fourth-order valence-electron chi connectivity index (χ4n) is 2.62. The zero-order valence-electron chi connectivity index (χ0n) is 17.1. The van der Waals surface area contributed by atoms with Gasteiger partial charge in [0.15, 0.2) is 11.6 Å². The molecule has 0 aliphatic carbocycles. The van der Waals surface area contributed by atoms with Gasteiger partial charge in [0.2, 0.25) is 0 Å². The number of halogens is 3. The number of amides is 1. The van der Waals surface area contributed by atoms with Gasteiger partial charge in [0.1, 0.15) is 0 Å². The van der Waals surface area contributed by atoms with Gasteiger partial charge in [0.25, 0.3) is 5.91 Å². The van der Waals surface area contributed by atoms with E-state index in [0.717, 1.165) is 30.9 Å². The van der Waals surface area contributed by atoms with Gasteiger partial charge in [0.05, 0.1) is 23.8 Å². The SMILES string of the molecule is C.C=C=C=C=C=C=C=C.O=C(Nc1ccc(N2CCOCC2)cc1)c1cc(F)c(F)cc1Cl. The Kier molecular flexibility index (Phi) is 11.8. The van der Waals surface area contributed by atoms with E-state index in [9.17, 15) is 13.6 Å². The normalized spacial score (nSPS) is 11.4. The Morgan fingerprint density at radius 1 is 0.970 bits per heavy atom. The number of hydrogen-bond donors (Lipinski definition) is 1. The molecular weight excluding hydrogens is 446 g/mol. The number of ether oxygens (including phenoxy) is 1. The third-order valence-corrected chi connectivity index (χ3v) is 4.43. The summed E-state index contributed by atoms with van der Waals surface area (Å²) in [6.07, 6.45) is 0. The van der Waals surface area contributed by atoms with Crippen LogP contribution in [0.3, 0.4) is 0 Å². The molecule has 1 fully saturated rings. The standard InChI is InChI=1S/C17H15ClF2N2O2.C8H4.CH4/c18-14-10-16(20)15(19)9-13(14)17(23)21-11-1-3-12(4-2-11)22-5-7-24-8-6-22;1-3-5-7-8-6-4-2;/h1-4,9-10H,5-8H2,(H,21,23);1-2H2;1H4. The molecule has 4 nitrogen and oxygen atoms in total. The number of benzene rings is 2. The van der Waals surface area contributed by atoms with Gasteiger partial charge in [-0.2, -0.15) is 0 Å². The minimum atomic E-state index is -1.12. The molecule has 1 N–H and O–H groups in total. The summed E-state index contributed by atoms with van der Waals surface area (Å²) in [5, 5.41) is 2.48. The summed E-state index contributed by atoms with van der Waals surface area (Å²) in [7, 11) is 0. The van der Waals surface area contributed by atoms with Crippen LogP contribution in [-0.2, 0) is 4.74 Å². The van der Waals surface area contributed by atoms with Crippen LogP contribution in [0.4, 0.5) is 20.2 Å². The van der Waals surface area contributed by atoms with E-state index in [1.807, 2.05) is 12.1 Å². The zero-order valence-corrected chi connectivity index (χ0v) is 17.9. The third kappa shape index (κ3) is 8.71. The molecular formula is C26H23ClF2N2O2. The van der Waals surface area contributed by atoms with Crippen molar-refractivity contribution in [2.75, 3.05) is 36.5 Å². The van der Waals surface area contributed by atoms with Gasteiger partial charge >= 0.3 is 0 Å². The van der Waals surface area contributed by atoms with Crippen molar-refractivity contribution in [3.05, 3.63) is 106 Å². The van der Waals surface area contributed by atoms with E-state index in [2.05, 4.69) is 57.8 Å². The van der Waals surface area contributed by atoms with Gasteiger partial charge < -0.3 is 15.0 Å². The first-order chi connectivity index (χ1) is 15.5. The Labute approximate surface area is 197 Å². The fourth-order valence-corrected chi connectivity index (χ4v) is 2.86. The molecule has 0 radical (unpaired) electrons. The van der Waals surface area contributed by atoms with E-state index in [-0.39, 0.29) is 18.0 Å². The van der Waals surface area contributed by atoms with Crippen molar-refractivity contribution in [3.63, 3.8) is 0 Å². The van der Waals surface area contributed by atoms with E-state index in [0.29, 0.717) is 18.9 Å². The van der Waals surface area contributed by atoms with Crippen LogP contribution in [0.15, 0.2) is 83.9 Å². The molecule has 3 rings (SSSR count). The maximum atomic E-state index is 13.3. The second-order valence-corrected chi connectivity index (χ2v) is 6.61. The van der Waals surface area contributed by atoms with E-state index < -0.39 is 17.5 Å². The second kappa shape index (κ2) is 14.3. The summed E-state index contributed by atoms with van der Waals surface area (Å²) in [6.45, 7) is 9.52. The van der Waals surface area contributed by atoms with Crippen molar-refractivity contribution in [3.8, 4) is 0 Å². The van der Waals surface area contributed by atoms with Crippen molar-refractivity contribution in [1.82, 2.24) is 0 Å². The molecule has 7 heteroatoms. The molecule has 0 spiro atoms. The number of hydrogen-bond acceptors (Lipinski definition) is 3. The second-order valence-electron chi connectivity index (χ2n) is 6.20. The highest BCUT2D eigenvalue weighted by atomic mass is 35.5. The molecule has 1 aliphatic rings. The minimum absolute atomic E-state index is 0. The van der Waals surface area contributed by atoms with Crippen LogP contribution in [-0.4, -0.2) is 32.2 Å². The molecule has 0 bridgehead atoms. The van der Waals surface area contributed by atoms with Crippen molar-refractivity contribution in [2.45, 2.75) is 7.43 Å². The maximum absolute atomic E-state index is 13.3. The highest BCUT2D eigenvalue weighted by molar-refractivity contribution is 6.34. The summed E-state index contributed by atoms with van der Waals surface area (Å²) >= 11 is 5.80. The number of nitrogens with zero attached hydrogens (tertiary/aromatic N) is 1. The van der Waals surface area contributed by atoms with Crippen LogP contribution in [0.25, 0.3) is 0 Å². The molecule has 2 aromatic rings. The van der Waals surface area contributed by atoms with E-state index in [1.54, 1.807) is 12.1 Å². The van der Waals surface area contributed by atoms with E-state index in [4.69, 9.17) is 16.3 Å². The first kappa shape index (κ1) is 27.3. The van der Waals surface area contributed by atoms with Gasteiger partial charge in [0, 0.05) is 24.5 Å². The minimum Gasteiger partial charge on any atom is -0.378 e. The van der Waals surface area contributed by atoms with Crippen molar-refractivity contribution >= 4 is 28.9 Å². The van der Waals surface area contributed by atoms with Gasteiger partial charge in [-0.15, -0.1) is 0 Å². The Morgan fingerprint density at radius 2 is 1.52 bits per heavy atom. The largest absolute Gasteiger partial charge is 0.378 e. The molecule has 0 unspecified atom stereocenters. The average Bonchev–Trinajstić information content (AvgIpc) is 2.80. The van der Waals surface area contributed by atoms with Gasteiger partial charge in [-0.3, -0.25) is 4.79 Å². The fraction of sp³-hybridized carbons (Fsp3) is 0.192. The molecule has 0 saturated carbocycles.